The van der Waals surface area contributed by atoms with Crippen molar-refractivity contribution in [3.63, 3.8) is 0 Å². The summed E-state index contributed by atoms with van der Waals surface area (Å²) in [5.74, 6) is 0.0608. The molecule has 1 atom stereocenters. The Morgan fingerprint density at radius 3 is 2.27 bits per heavy atom. The first-order valence-corrected chi connectivity index (χ1v) is 9.39. The maximum atomic E-state index is 12.8. The second kappa shape index (κ2) is 8.30. The predicted molar refractivity (Wildman–Crippen MR) is 99.6 cm³/mol. The van der Waals surface area contributed by atoms with Gasteiger partial charge < -0.3 is 9.80 Å². The molecule has 2 saturated heterocycles. The van der Waals surface area contributed by atoms with Gasteiger partial charge in [-0.1, -0.05) is 36.9 Å². The Kier molecular flexibility index (Phi) is 5.86. The van der Waals surface area contributed by atoms with Gasteiger partial charge in [0, 0.05) is 37.7 Å². The third kappa shape index (κ3) is 4.03. The molecule has 0 spiro atoms. The number of carbonyl (C=O) groups is 3. The molecule has 2 heterocycles. The Balaban J connectivity index is 1.54. The summed E-state index contributed by atoms with van der Waals surface area (Å²) in [4.78, 5) is 40.8. The Bertz CT molecular complexity index is 678. The van der Waals surface area contributed by atoms with Crippen LogP contribution in [0.3, 0.4) is 0 Å². The number of ketones is 1. The summed E-state index contributed by atoms with van der Waals surface area (Å²) >= 11 is 0. The van der Waals surface area contributed by atoms with Gasteiger partial charge in [-0.2, -0.15) is 0 Å². The van der Waals surface area contributed by atoms with Crippen molar-refractivity contribution in [3.05, 3.63) is 48.6 Å². The van der Waals surface area contributed by atoms with Crippen molar-refractivity contribution >= 4 is 17.6 Å². The Morgan fingerprint density at radius 1 is 0.923 bits per heavy atom. The summed E-state index contributed by atoms with van der Waals surface area (Å²) in [5.41, 5.74) is 0.753. The normalized spacial score (nSPS) is 21.3. The summed E-state index contributed by atoms with van der Waals surface area (Å²) in [6.45, 7) is 5.94. The number of rotatable bonds is 4. The van der Waals surface area contributed by atoms with E-state index in [1.54, 1.807) is 4.90 Å². The predicted octanol–water partition coefficient (Wildman–Crippen LogP) is 2.53. The van der Waals surface area contributed by atoms with Crippen molar-refractivity contribution in [1.29, 1.82) is 0 Å². The van der Waals surface area contributed by atoms with Gasteiger partial charge in [0.2, 0.25) is 11.8 Å². The van der Waals surface area contributed by atoms with Crippen LogP contribution in [0.25, 0.3) is 0 Å². The molecule has 2 aliphatic rings. The number of Topliss-reactive ketones (excluding diaryl/α,β-unsaturated/α-hetero) is 1. The molecule has 1 aromatic carbocycles. The number of nitrogens with zero attached hydrogens (tertiary/aromatic N) is 2. The Morgan fingerprint density at radius 2 is 1.62 bits per heavy atom. The van der Waals surface area contributed by atoms with Gasteiger partial charge in [-0.05, 0) is 31.8 Å². The summed E-state index contributed by atoms with van der Waals surface area (Å²) in [7, 11) is 0. The van der Waals surface area contributed by atoms with E-state index in [-0.39, 0.29) is 29.4 Å². The lowest BCUT2D eigenvalue weighted by Gasteiger charge is -2.37. The van der Waals surface area contributed by atoms with E-state index in [0.29, 0.717) is 39.0 Å². The standard InChI is InChI=1S/C21H26N2O3/c1-2-19(24)23-12-6-9-18(15-23)21(26)22-13-10-17(11-14-22)20(25)16-7-4-3-5-8-16/h2-5,7-8,17-18H,1,6,9-15H2. The number of amides is 2. The van der Waals surface area contributed by atoms with Gasteiger partial charge in [0.05, 0.1) is 5.92 Å². The first kappa shape index (κ1) is 18.4. The summed E-state index contributed by atoms with van der Waals surface area (Å²) in [6, 6.07) is 9.37. The van der Waals surface area contributed by atoms with Crippen LogP contribution in [-0.2, 0) is 9.59 Å². The fraction of sp³-hybridized carbons (Fsp3) is 0.476. The minimum atomic E-state index is -0.131. The van der Waals surface area contributed by atoms with E-state index in [1.807, 2.05) is 35.2 Å². The zero-order chi connectivity index (χ0) is 18.5. The van der Waals surface area contributed by atoms with Gasteiger partial charge in [0.1, 0.15) is 0 Å². The van der Waals surface area contributed by atoms with Crippen LogP contribution in [0.5, 0.6) is 0 Å². The molecular formula is C21H26N2O3. The second-order valence-electron chi connectivity index (χ2n) is 7.16. The maximum absolute atomic E-state index is 12.8. The van der Waals surface area contributed by atoms with Crippen LogP contribution in [0.2, 0.25) is 0 Å². The van der Waals surface area contributed by atoms with E-state index in [4.69, 9.17) is 0 Å². The minimum Gasteiger partial charge on any atom is -0.342 e. The molecule has 2 fully saturated rings. The Hall–Kier alpha value is -2.43. The summed E-state index contributed by atoms with van der Waals surface area (Å²) in [5, 5.41) is 0. The molecule has 0 bridgehead atoms. The van der Waals surface area contributed by atoms with Crippen molar-refractivity contribution < 1.29 is 14.4 Å². The molecular weight excluding hydrogens is 328 g/mol. The number of hydrogen-bond donors (Lipinski definition) is 0. The van der Waals surface area contributed by atoms with Crippen molar-refractivity contribution in [2.45, 2.75) is 25.7 Å². The van der Waals surface area contributed by atoms with Gasteiger partial charge in [-0.3, -0.25) is 14.4 Å². The molecule has 0 N–H and O–H groups in total. The highest BCUT2D eigenvalue weighted by Crippen LogP contribution is 2.25. The SMILES string of the molecule is C=CC(=O)N1CCCC(C(=O)N2CCC(C(=O)c3ccccc3)CC2)C1. The number of carbonyl (C=O) groups excluding carboxylic acids is 3. The van der Waals surface area contributed by atoms with E-state index < -0.39 is 0 Å². The highest BCUT2D eigenvalue weighted by Gasteiger charge is 2.33. The molecule has 1 aromatic rings. The number of piperidine rings is 2. The van der Waals surface area contributed by atoms with E-state index in [2.05, 4.69) is 6.58 Å². The van der Waals surface area contributed by atoms with Crippen LogP contribution >= 0.6 is 0 Å². The fourth-order valence-electron chi connectivity index (χ4n) is 3.97. The van der Waals surface area contributed by atoms with E-state index in [1.165, 1.54) is 6.08 Å². The zero-order valence-corrected chi connectivity index (χ0v) is 15.1. The van der Waals surface area contributed by atoms with E-state index in [0.717, 1.165) is 18.4 Å². The van der Waals surface area contributed by atoms with Gasteiger partial charge >= 0.3 is 0 Å². The van der Waals surface area contributed by atoms with Gasteiger partial charge in [-0.25, -0.2) is 0 Å². The summed E-state index contributed by atoms with van der Waals surface area (Å²) in [6.07, 6.45) is 4.40. The lowest BCUT2D eigenvalue weighted by atomic mass is 9.88. The van der Waals surface area contributed by atoms with E-state index >= 15 is 0 Å². The molecule has 2 amide bonds. The number of hydrogen-bond acceptors (Lipinski definition) is 3. The molecule has 0 aromatic heterocycles. The molecule has 26 heavy (non-hydrogen) atoms. The lowest BCUT2D eigenvalue weighted by Crippen LogP contribution is -2.48. The van der Waals surface area contributed by atoms with Gasteiger partial charge in [0.15, 0.2) is 5.78 Å². The first-order valence-electron chi connectivity index (χ1n) is 9.39. The topological polar surface area (TPSA) is 57.7 Å². The molecule has 1 unspecified atom stereocenters. The third-order valence-corrected chi connectivity index (χ3v) is 5.49. The number of likely N-dealkylation sites (tertiary alicyclic amines) is 2. The minimum absolute atomic E-state index is 0.00773. The van der Waals surface area contributed by atoms with Crippen molar-refractivity contribution in [1.82, 2.24) is 9.80 Å². The fourth-order valence-corrected chi connectivity index (χ4v) is 3.97. The van der Waals surface area contributed by atoms with Gasteiger partial charge in [-0.15, -0.1) is 0 Å². The average Bonchev–Trinajstić information content (AvgIpc) is 2.73. The molecule has 0 saturated carbocycles. The quantitative estimate of drug-likeness (QED) is 0.617. The maximum Gasteiger partial charge on any atom is 0.245 e. The largest absolute Gasteiger partial charge is 0.342 e. The van der Waals surface area contributed by atoms with E-state index in [9.17, 15) is 14.4 Å². The van der Waals surface area contributed by atoms with Crippen LogP contribution in [0, 0.1) is 11.8 Å². The first-order chi connectivity index (χ1) is 12.6. The lowest BCUT2D eigenvalue weighted by molar-refractivity contribution is -0.140. The highest BCUT2D eigenvalue weighted by atomic mass is 16.2. The van der Waals surface area contributed by atoms with Crippen LogP contribution in [0.4, 0.5) is 0 Å². The van der Waals surface area contributed by atoms with Crippen LogP contribution in [0.1, 0.15) is 36.0 Å². The molecule has 0 radical (unpaired) electrons. The van der Waals surface area contributed by atoms with Crippen LogP contribution in [0.15, 0.2) is 43.0 Å². The van der Waals surface area contributed by atoms with Crippen LogP contribution in [-0.4, -0.2) is 53.6 Å². The van der Waals surface area contributed by atoms with Gasteiger partial charge in [0.25, 0.3) is 0 Å². The number of benzene rings is 1. The molecule has 138 valence electrons. The monoisotopic (exact) mass is 354 g/mol. The van der Waals surface area contributed by atoms with Crippen molar-refractivity contribution in [3.8, 4) is 0 Å². The van der Waals surface area contributed by atoms with Crippen molar-refractivity contribution in [2.75, 3.05) is 26.2 Å². The summed E-state index contributed by atoms with van der Waals surface area (Å²) < 4.78 is 0. The molecule has 3 rings (SSSR count). The molecule has 5 nitrogen and oxygen atoms in total. The van der Waals surface area contributed by atoms with Crippen LogP contribution < -0.4 is 0 Å². The molecule has 0 aliphatic carbocycles. The molecule has 5 heteroatoms. The Labute approximate surface area is 154 Å². The second-order valence-corrected chi connectivity index (χ2v) is 7.16. The van der Waals surface area contributed by atoms with Crippen molar-refractivity contribution in [2.24, 2.45) is 11.8 Å². The molecule has 2 aliphatic heterocycles. The highest BCUT2D eigenvalue weighted by molar-refractivity contribution is 5.98. The average molecular weight is 354 g/mol. The smallest absolute Gasteiger partial charge is 0.245 e. The third-order valence-electron chi connectivity index (χ3n) is 5.49. The zero-order valence-electron chi connectivity index (χ0n) is 15.1.